The van der Waals surface area contributed by atoms with Crippen LogP contribution in [0.25, 0.3) is 0 Å². The summed E-state index contributed by atoms with van der Waals surface area (Å²) in [6.07, 6.45) is 1.97. The van der Waals surface area contributed by atoms with Gasteiger partial charge in [0.2, 0.25) is 0 Å². The molecule has 0 radical (unpaired) electrons. The van der Waals surface area contributed by atoms with Crippen molar-refractivity contribution in [1.82, 2.24) is 0 Å². The van der Waals surface area contributed by atoms with E-state index in [4.69, 9.17) is 23.2 Å². The van der Waals surface area contributed by atoms with E-state index in [1.165, 1.54) is 11.1 Å². The number of aromatic hydroxyl groups is 1. The highest BCUT2D eigenvalue weighted by atomic mass is 35.5. The summed E-state index contributed by atoms with van der Waals surface area (Å²) in [5.74, 6) is -0.0794. The Morgan fingerprint density at radius 1 is 1.05 bits per heavy atom. The fraction of sp³-hybridized carbons (Fsp3) is 0.294. The van der Waals surface area contributed by atoms with Crippen LogP contribution in [0.1, 0.15) is 37.4 Å². The van der Waals surface area contributed by atoms with Crippen LogP contribution >= 0.6 is 23.2 Å². The Bertz CT molecular complexity index is 588. The average molecular weight is 324 g/mol. The van der Waals surface area contributed by atoms with Crippen LogP contribution in [0, 0.1) is 0 Å². The third-order valence-electron chi connectivity index (χ3n) is 3.56. The van der Waals surface area contributed by atoms with Crippen molar-refractivity contribution in [3.05, 3.63) is 57.6 Å². The first kappa shape index (κ1) is 16.0. The van der Waals surface area contributed by atoms with Gasteiger partial charge >= 0.3 is 0 Å². The number of phenols is 1. The summed E-state index contributed by atoms with van der Waals surface area (Å²) in [6.45, 7) is 4.26. The van der Waals surface area contributed by atoms with Crippen LogP contribution in [-0.2, 0) is 6.42 Å². The molecule has 0 spiro atoms. The van der Waals surface area contributed by atoms with E-state index in [-0.39, 0.29) is 21.8 Å². The summed E-state index contributed by atoms with van der Waals surface area (Å²) in [6, 6.07) is 12.1. The lowest BCUT2D eigenvalue weighted by Gasteiger charge is -2.20. The molecular weight excluding hydrogens is 305 g/mol. The molecule has 0 heterocycles. The van der Waals surface area contributed by atoms with Crippen LogP contribution in [0.15, 0.2) is 36.4 Å². The number of hydrogen-bond acceptors (Lipinski definition) is 2. The number of rotatable bonds is 5. The number of aryl methyl sites for hydroxylation is 1. The molecule has 0 saturated heterocycles. The van der Waals surface area contributed by atoms with Crippen molar-refractivity contribution < 1.29 is 5.11 Å². The smallest absolute Gasteiger partial charge is 0.152 e. The lowest BCUT2D eigenvalue weighted by atomic mass is 10.0. The van der Waals surface area contributed by atoms with Gasteiger partial charge in [0.15, 0.2) is 5.75 Å². The first-order chi connectivity index (χ1) is 10.0. The van der Waals surface area contributed by atoms with Gasteiger partial charge in [-0.05, 0) is 36.1 Å². The molecule has 0 saturated carbocycles. The standard InChI is InChI=1S/C17H19Cl2NO/c1-3-11-5-7-12(8-6-11)16(4-2)20-13-9-14(18)17(21)15(19)10-13/h5-10,16,20-21H,3-4H2,1-2H3. The molecule has 21 heavy (non-hydrogen) atoms. The lowest BCUT2D eigenvalue weighted by molar-refractivity contribution is 0.476. The van der Waals surface area contributed by atoms with Gasteiger partial charge in [-0.15, -0.1) is 0 Å². The van der Waals surface area contributed by atoms with E-state index in [0.29, 0.717) is 0 Å². The van der Waals surface area contributed by atoms with Crippen molar-refractivity contribution in [1.29, 1.82) is 0 Å². The Balaban J connectivity index is 2.22. The average Bonchev–Trinajstić information content (AvgIpc) is 2.50. The molecule has 2 nitrogen and oxygen atoms in total. The molecule has 0 aliphatic heterocycles. The first-order valence-electron chi connectivity index (χ1n) is 7.08. The minimum atomic E-state index is -0.0794. The summed E-state index contributed by atoms with van der Waals surface area (Å²) in [5.41, 5.74) is 3.34. The van der Waals surface area contributed by atoms with Crippen molar-refractivity contribution >= 4 is 28.9 Å². The maximum atomic E-state index is 9.61. The van der Waals surface area contributed by atoms with Crippen molar-refractivity contribution in [2.45, 2.75) is 32.7 Å². The molecule has 1 atom stereocenters. The number of benzene rings is 2. The Labute approximate surface area is 135 Å². The Kier molecular flexibility index (Phi) is 5.38. The molecule has 112 valence electrons. The molecule has 0 bridgehead atoms. The van der Waals surface area contributed by atoms with E-state index in [1.807, 2.05) is 0 Å². The van der Waals surface area contributed by atoms with E-state index in [2.05, 4.69) is 43.4 Å². The zero-order chi connectivity index (χ0) is 15.4. The van der Waals surface area contributed by atoms with Gasteiger partial charge in [0.1, 0.15) is 0 Å². The second-order valence-electron chi connectivity index (χ2n) is 4.99. The number of anilines is 1. The second-order valence-corrected chi connectivity index (χ2v) is 5.80. The summed E-state index contributed by atoms with van der Waals surface area (Å²) in [5, 5.41) is 13.5. The zero-order valence-electron chi connectivity index (χ0n) is 12.2. The topological polar surface area (TPSA) is 32.3 Å². The SMILES string of the molecule is CCc1ccc(C(CC)Nc2cc(Cl)c(O)c(Cl)c2)cc1. The minimum absolute atomic E-state index is 0.0794. The van der Waals surface area contributed by atoms with Crippen LogP contribution in [0.3, 0.4) is 0 Å². The second kappa shape index (κ2) is 7.06. The van der Waals surface area contributed by atoms with Gasteiger partial charge in [-0.25, -0.2) is 0 Å². The monoisotopic (exact) mass is 323 g/mol. The molecule has 2 N–H and O–H groups in total. The molecule has 0 aromatic heterocycles. The maximum absolute atomic E-state index is 9.61. The third-order valence-corrected chi connectivity index (χ3v) is 4.13. The maximum Gasteiger partial charge on any atom is 0.152 e. The Hall–Kier alpha value is -1.38. The highest BCUT2D eigenvalue weighted by Gasteiger charge is 2.12. The third kappa shape index (κ3) is 3.84. The number of hydrogen-bond donors (Lipinski definition) is 2. The van der Waals surface area contributed by atoms with Gasteiger partial charge in [0, 0.05) is 5.69 Å². The van der Waals surface area contributed by atoms with E-state index in [9.17, 15) is 5.11 Å². The minimum Gasteiger partial charge on any atom is -0.505 e. The molecule has 0 fully saturated rings. The molecule has 0 amide bonds. The highest BCUT2D eigenvalue weighted by molar-refractivity contribution is 6.37. The van der Waals surface area contributed by atoms with Gasteiger partial charge < -0.3 is 10.4 Å². The van der Waals surface area contributed by atoms with Crippen molar-refractivity contribution in [2.75, 3.05) is 5.32 Å². The van der Waals surface area contributed by atoms with E-state index < -0.39 is 0 Å². The molecule has 2 aromatic carbocycles. The molecule has 2 aromatic rings. The Morgan fingerprint density at radius 2 is 1.62 bits per heavy atom. The molecule has 1 unspecified atom stereocenters. The molecular formula is C17H19Cl2NO. The number of phenolic OH excluding ortho intramolecular Hbond substituents is 1. The van der Waals surface area contributed by atoms with Gasteiger partial charge in [-0.1, -0.05) is 61.3 Å². The summed E-state index contributed by atoms with van der Waals surface area (Å²) < 4.78 is 0. The number of nitrogens with one attached hydrogen (secondary N) is 1. The fourth-order valence-electron chi connectivity index (χ4n) is 2.26. The molecule has 2 rings (SSSR count). The van der Waals surface area contributed by atoms with Gasteiger partial charge in [-0.2, -0.15) is 0 Å². The van der Waals surface area contributed by atoms with Crippen molar-refractivity contribution in [3.8, 4) is 5.75 Å². The predicted octanol–water partition coefficient (Wildman–Crippen LogP) is 5.82. The predicted molar refractivity (Wildman–Crippen MR) is 90.6 cm³/mol. The van der Waals surface area contributed by atoms with Gasteiger partial charge in [0.25, 0.3) is 0 Å². The van der Waals surface area contributed by atoms with Crippen LogP contribution in [0.2, 0.25) is 10.0 Å². The zero-order valence-corrected chi connectivity index (χ0v) is 13.7. The van der Waals surface area contributed by atoms with Crippen molar-refractivity contribution in [3.63, 3.8) is 0 Å². The number of halogens is 2. The van der Waals surface area contributed by atoms with Crippen LogP contribution < -0.4 is 5.32 Å². The summed E-state index contributed by atoms with van der Waals surface area (Å²) in [4.78, 5) is 0. The molecule has 4 heteroatoms. The van der Waals surface area contributed by atoms with Gasteiger partial charge in [0.05, 0.1) is 16.1 Å². The normalized spacial score (nSPS) is 12.2. The lowest BCUT2D eigenvalue weighted by Crippen LogP contribution is -2.09. The van der Waals surface area contributed by atoms with Crippen molar-refractivity contribution in [2.24, 2.45) is 0 Å². The summed E-state index contributed by atoms with van der Waals surface area (Å²) >= 11 is 11.9. The fourth-order valence-corrected chi connectivity index (χ4v) is 2.74. The quantitative estimate of drug-likeness (QED) is 0.679. The Morgan fingerprint density at radius 3 is 2.10 bits per heavy atom. The van der Waals surface area contributed by atoms with Gasteiger partial charge in [-0.3, -0.25) is 0 Å². The van der Waals surface area contributed by atoms with E-state index in [0.717, 1.165) is 18.5 Å². The van der Waals surface area contributed by atoms with Crippen LogP contribution in [-0.4, -0.2) is 5.11 Å². The molecule has 0 aliphatic carbocycles. The summed E-state index contributed by atoms with van der Waals surface area (Å²) in [7, 11) is 0. The molecule has 0 aliphatic rings. The van der Waals surface area contributed by atoms with Crippen LogP contribution in [0.5, 0.6) is 5.75 Å². The first-order valence-corrected chi connectivity index (χ1v) is 7.84. The highest BCUT2D eigenvalue weighted by Crippen LogP contribution is 2.36. The van der Waals surface area contributed by atoms with E-state index in [1.54, 1.807) is 12.1 Å². The van der Waals surface area contributed by atoms with E-state index >= 15 is 0 Å². The largest absolute Gasteiger partial charge is 0.505 e. The van der Waals surface area contributed by atoms with Crippen LogP contribution in [0.4, 0.5) is 5.69 Å².